The predicted molar refractivity (Wildman–Crippen MR) is 130 cm³/mol. The Bertz CT molecular complexity index is 1070. The summed E-state index contributed by atoms with van der Waals surface area (Å²) in [6.07, 6.45) is 4.63. The zero-order valence-corrected chi connectivity index (χ0v) is 21.0. The Morgan fingerprint density at radius 1 is 0.735 bits per heavy atom. The maximum absolute atomic E-state index is 12.0. The van der Waals surface area contributed by atoms with Gasteiger partial charge in [-0.05, 0) is 69.0 Å². The maximum Gasteiger partial charge on any atom is 0.240 e. The van der Waals surface area contributed by atoms with E-state index in [4.69, 9.17) is 18.9 Å². The molecule has 2 aromatic carbocycles. The first-order valence-electron chi connectivity index (χ1n) is 10.3. The molecule has 0 spiro atoms. The number of hydrogen-bond donors (Lipinski definition) is 2. The van der Waals surface area contributed by atoms with Crippen LogP contribution in [0.3, 0.4) is 0 Å². The van der Waals surface area contributed by atoms with Crippen LogP contribution in [0.25, 0.3) is 0 Å². The molecule has 0 unspecified atom stereocenters. The van der Waals surface area contributed by atoms with Gasteiger partial charge in [-0.3, -0.25) is 9.59 Å². The Hall–Kier alpha value is -3.12. The van der Waals surface area contributed by atoms with Crippen LogP contribution in [0.15, 0.2) is 43.4 Å². The number of nitrogens with one attached hydrogen (secondary N) is 2. The van der Waals surface area contributed by atoms with Crippen LogP contribution in [-0.4, -0.2) is 37.8 Å². The highest BCUT2D eigenvalue weighted by atomic mass is 79.9. The first-order chi connectivity index (χ1) is 16.5. The van der Waals surface area contributed by atoms with Crippen LogP contribution in [-0.2, 0) is 9.59 Å². The summed E-state index contributed by atoms with van der Waals surface area (Å²) >= 11 is 6.86. The molecular formula is C22H20Br2N4O6. The molecule has 10 nitrogen and oxygen atoms in total. The van der Waals surface area contributed by atoms with Crippen molar-refractivity contribution in [1.29, 1.82) is 0 Å². The molecule has 0 atom stereocenters. The zero-order chi connectivity index (χ0) is 23.9. The summed E-state index contributed by atoms with van der Waals surface area (Å²) in [5.41, 5.74) is 6.45. The second-order valence-corrected chi connectivity index (χ2v) is 8.96. The van der Waals surface area contributed by atoms with Crippen molar-refractivity contribution < 1.29 is 28.5 Å². The van der Waals surface area contributed by atoms with Gasteiger partial charge in [0.05, 0.1) is 12.4 Å². The molecular weight excluding hydrogens is 576 g/mol. The third-order valence-electron chi connectivity index (χ3n) is 4.83. The van der Waals surface area contributed by atoms with E-state index in [1.807, 2.05) is 0 Å². The van der Waals surface area contributed by atoms with Crippen LogP contribution in [0, 0.1) is 0 Å². The lowest BCUT2D eigenvalue weighted by Crippen LogP contribution is -2.19. The molecule has 0 fully saturated rings. The Balaban J connectivity index is 1.13. The number of ether oxygens (including phenoxy) is 4. The van der Waals surface area contributed by atoms with Crippen molar-refractivity contribution in [2.45, 2.75) is 25.7 Å². The van der Waals surface area contributed by atoms with Crippen molar-refractivity contribution >= 4 is 56.1 Å². The highest BCUT2D eigenvalue weighted by molar-refractivity contribution is 9.10. The summed E-state index contributed by atoms with van der Waals surface area (Å²) in [7, 11) is 0. The van der Waals surface area contributed by atoms with Gasteiger partial charge in [0.15, 0.2) is 23.0 Å². The van der Waals surface area contributed by atoms with Crippen molar-refractivity contribution in [3.05, 3.63) is 44.3 Å². The van der Waals surface area contributed by atoms with Crippen LogP contribution >= 0.6 is 31.9 Å². The van der Waals surface area contributed by atoms with Gasteiger partial charge in [0.1, 0.15) is 0 Å². The number of hydrogen-bond acceptors (Lipinski definition) is 8. The molecule has 2 aliphatic heterocycles. The van der Waals surface area contributed by atoms with E-state index < -0.39 is 0 Å². The van der Waals surface area contributed by atoms with Gasteiger partial charge in [0.2, 0.25) is 25.4 Å². The molecule has 2 N–H and O–H groups in total. The van der Waals surface area contributed by atoms with Crippen LogP contribution in [0.5, 0.6) is 23.0 Å². The highest BCUT2D eigenvalue weighted by Gasteiger charge is 2.16. The molecule has 34 heavy (non-hydrogen) atoms. The quantitative estimate of drug-likeness (QED) is 0.258. The Morgan fingerprint density at radius 2 is 1.12 bits per heavy atom. The van der Waals surface area contributed by atoms with Crippen LogP contribution < -0.4 is 29.8 Å². The second kappa shape index (κ2) is 11.3. The van der Waals surface area contributed by atoms with Gasteiger partial charge in [-0.25, -0.2) is 10.9 Å². The first kappa shape index (κ1) is 24.0. The van der Waals surface area contributed by atoms with Crippen molar-refractivity contribution in [2.24, 2.45) is 10.2 Å². The van der Waals surface area contributed by atoms with Gasteiger partial charge in [-0.2, -0.15) is 10.2 Å². The lowest BCUT2D eigenvalue weighted by Gasteiger charge is -2.03. The number of benzene rings is 2. The topological polar surface area (TPSA) is 120 Å². The fourth-order valence-electron chi connectivity index (χ4n) is 3.09. The van der Waals surface area contributed by atoms with E-state index in [0.29, 0.717) is 35.8 Å². The maximum atomic E-state index is 12.0. The van der Waals surface area contributed by atoms with Crippen molar-refractivity contribution in [1.82, 2.24) is 10.9 Å². The number of rotatable bonds is 9. The fourth-order valence-corrected chi connectivity index (χ4v) is 3.94. The lowest BCUT2D eigenvalue weighted by molar-refractivity contribution is -0.123. The van der Waals surface area contributed by atoms with Crippen LogP contribution in [0.2, 0.25) is 0 Å². The standard InChI is InChI=1S/C22H20Br2N4O6/c23-15-7-19-17(31-11-33-19)5-13(15)9-25-27-21(29)3-1-2-4-22(30)28-26-10-14-6-18-20(8-16(14)24)34-12-32-18/h5-10H,1-4,11-12H2,(H,27,29)(H,28,30). The average Bonchev–Trinajstić information content (AvgIpc) is 3.45. The number of carbonyl (C=O) groups excluding carboxylic acids is 2. The molecule has 0 saturated carbocycles. The van der Waals surface area contributed by atoms with Crippen molar-refractivity contribution in [3.63, 3.8) is 0 Å². The largest absolute Gasteiger partial charge is 0.454 e. The number of unbranched alkanes of at least 4 members (excludes halogenated alkanes) is 1. The Kier molecular flexibility index (Phi) is 8.01. The molecule has 4 rings (SSSR count). The monoisotopic (exact) mass is 594 g/mol. The molecule has 2 aliphatic rings. The van der Waals surface area contributed by atoms with E-state index in [1.165, 1.54) is 12.4 Å². The molecule has 2 amide bonds. The van der Waals surface area contributed by atoms with Gasteiger partial charge in [-0.1, -0.05) is 0 Å². The van der Waals surface area contributed by atoms with Crippen molar-refractivity contribution in [3.8, 4) is 23.0 Å². The summed E-state index contributed by atoms with van der Waals surface area (Å²) in [5, 5.41) is 7.94. The number of hydrazone groups is 2. The SMILES string of the molecule is O=C(CCCCC(=O)NN=Cc1cc2c(cc1Br)OCO2)NN=Cc1cc2c(cc1Br)OCO2. The second-order valence-electron chi connectivity index (χ2n) is 7.25. The molecule has 2 aromatic rings. The lowest BCUT2D eigenvalue weighted by atomic mass is 10.2. The Labute approximate surface area is 211 Å². The molecule has 0 aliphatic carbocycles. The summed E-state index contributed by atoms with van der Waals surface area (Å²) < 4.78 is 22.8. The van der Waals surface area contributed by atoms with Crippen molar-refractivity contribution in [2.75, 3.05) is 13.6 Å². The zero-order valence-electron chi connectivity index (χ0n) is 17.8. The molecule has 0 bridgehead atoms. The highest BCUT2D eigenvalue weighted by Crippen LogP contribution is 2.37. The minimum absolute atomic E-state index is 0.182. The third kappa shape index (κ3) is 6.26. The van der Waals surface area contributed by atoms with Gasteiger partial charge < -0.3 is 18.9 Å². The normalized spacial score (nSPS) is 13.6. The first-order valence-corrected chi connectivity index (χ1v) is 11.9. The molecule has 0 aromatic heterocycles. The molecule has 0 saturated heterocycles. The van der Waals surface area contributed by atoms with Crippen LogP contribution in [0.1, 0.15) is 36.8 Å². The van der Waals surface area contributed by atoms with Gasteiger partial charge in [0.25, 0.3) is 0 Å². The Morgan fingerprint density at radius 3 is 1.53 bits per heavy atom. The van der Waals surface area contributed by atoms with E-state index >= 15 is 0 Å². The smallest absolute Gasteiger partial charge is 0.240 e. The molecule has 2 heterocycles. The summed E-state index contributed by atoms with van der Waals surface area (Å²) in [4.78, 5) is 23.9. The minimum atomic E-state index is -0.237. The van der Waals surface area contributed by atoms with Gasteiger partial charge in [0, 0.05) is 32.9 Å². The number of amides is 2. The molecule has 12 heteroatoms. The fraction of sp³-hybridized carbons (Fsp3) is 0.273. The third-order valence-corrected chi connectivity index (χ3v) is 6.20. The molecule has 0 radical (unpaired) electrons. The van der Waals surface area contributed by atoms with E-state index in [2.05, 4.69) is 52.9 Å². The van der Waals surface area contributed by atoms with Gasteiger partial charge in [-0.15, -0.1) is 0 Å². The molecule has 178 valence electrons. The average molecular weight is 596 g/mol. The van der Waals surface area contributed by atoms with E-state index in [0.717, 1.165) is 20.1 Å². The van der Waals surface area contributed by atoms with E-state index in [1.54, 1.807) is 24.3 Å². The van der Waals surface area contributed by atoms with E-state index in [-0.39, 0.29) is 38.2 Å². The van der Waals surface area contributed by atoms with Crippen LogP contribution in [0.4, 0.5) is 0 Å². The minimum Gasteiger partial charge on any atom is -0.454 e. The van der Waals surface area contributed by atoms with E-state index in [9.17, 15) is 9.59 Å². The number of carbonyl (C=O) groups is 2. The summed E-state index contributed by atoms with van der Waals surface area (Å²) in [6.45, 7) is 0.363. The predicted octanol–water partition coefficient (Wildman–Crippen LogP) is 3.83. The van der Waals surface area contributed by atoms with Gasteiger partial charge >= 0.3 is 0 Å². The number of fused-ring (bicyclic) bond motifs is 2. The number of nitrogens with zero attached hydrogens (tertiary/aromatic N) is 2. The summed E-state index contributed by atoms with van der Waals surface area (Å²) in [5.74, 6) is 2.09. The number of halogens is 2. The summed E-state index contributed by atoms with van der Waals surface area (Å²) in [6, 6.07) is 7.12.